The van der Waals surface area contributed by atoms with Gasteiger partial charge in [-0.2, -0.15) is 0 Å². The second-order valence-electron chi connectivity index (χ2n) is 14.7. The minimum Gasteiger partial charge on any atom is -0.208 e. The molecule has 0 atom stereocenters. The molecule has 9 aromatic rings. The van der Waals surface area contributed by atoms with Crippen LogP contribution in [0.5, 0.6) is 0 Å². The molecule has 3 heteroatoms. The minimum absolute atomic E-state index is 0.611. The summed E-state index contributed by atoms with van der Waals surface area (Å²) in [6, 6.07) is 76.6. The number of hydrogen-bond acceptors (Lipinski definition) is 3. The zero-order valence-corrected chi connectivity index (χ0v) is 30.5. The molecule has 1 spiro atoms. The molecule has 0 aliphatic heterocycles. The second kappa shape index (κ2) is 12.7. The first kappa shape index (κ1) is 32.2. The largest absolute Gasteiger partial charge is 0.208 e. The molecule has 0 fully saturated rings. The molecule has 0 saturated carbocycles. The van der Waals surface area contributed by atoms with Crippen molar-refractivity contribution in [1.29, 1.82) is 0 Å². The lowest BCUT2D eigenvalue weighted by atomic mass is 9.51. The standard InChI is InChI=1S/C53H35N3/c1-5-19-36(20-6-1)49-54-50(37-21-7-2-8-22-37)56-51(55-49)38-33-34-47-48(35-38)53(43-29-15-13-27-41(43)42-28-14-16-30-44(42)53)46-32-18-17-31-45(46)52(47,39-23-9-3-10-24-39)40-25-11-4-12-26-40/h1-35H. The molecule has 0 amide bonds. The van der Waals surface area contributed by atoms with Crippen LogP contribution < -0.4 is 0 Å². The van der Waals surface area contributed by atoms with Crippen molar-refractivity contribution in [1.82, 2.24) is 15.0 Å². The molecule has 2 aliphatic carbocycles. The highest BCUT2D eigenvalue weighted by Crippen LogP contribution is 2.64. The first-order valence-electron chi connectivity index (χ1n) is 19.2. The van der Waals surface area contributed by atoms with Crippen LogP contribution in [0.15, 0.2) is 212 Å². The first-order valence-corrected chi connectivity index (χ1v) is 19.2. The van der Waals surface area contributed by atoms with Gasteiger partial charge in [-0.3, -0.25) is 0 Å². The van der Waals surface area contributed by atoms with E-state index in [9.17, 15) is 0 Å². The summed E-state index contributed by atoms with van der Waals surface area (Å²) in [5.74, 6) is 1.93. The smallest absolute Gasteiger partial charge is 0.164 e. The van der Waals surface area contributed by atoms with Gasteiger partial charge in [0.2, 0.25) is 0 Å². The minimum atomic E-state index is -0.617. The van der Waals surface area contributed by atoms with E-state index in [0.717, 1.165) is 16.7 Å². The molecule has 11 rings (SSSR count). The van der Waals surface area contributed by atoms with Crippen LogP contribution in [0.2, 0.25) is 0 Å². The molecule has 262 valence electrons. The Bertz CT molecular complexity index is 2760. The lowest BCUT2D eigenvalue weighted by Gasteiger charge is -2.50. The number of nitrogens with zero attached hydrogens (tertiary/aromatic N) is 3. The van der Waals surface area contributed by atoms with Crippen LogP contribution in [-0.2, 0) is 10.8 Å². The number of hydrogen-bond donors (Lipinski definition) is 0. The normalized spacial score (nSPS) is 14.0. The number of benzene rings is 8. The summed E-state index contributed by atoms with van der Waals surface area (Å²) in [5, 5.41) is 0. The van der Waals surface area contributed by atoms with Crippen LogP contribution in [0, 0.1) is 0 Å². The zero-order chi connectivity index (χ0) is 37.1. The fourth-order valence-corrected chi connectivity index (χ4v) is 9.67. The molecular weight excluding hydrogens is 679 g/mol. The van der Waals surface area contributed by atoms with Crippen molar-refractivity contribution in [3.63, 3.8) is 0 Å². The maximum atomic E-state index is 5.23. The Morgan fingerprint density at radius 3 is 1.09 bits per heavy atom. The van der Waals surface area contributed by atoms with Crippen LogP contribution in [0.4, 0.5) is 0 Å². The second-order valence-corrected chi connectivity index (χ2v) is 14.7. The quantitative estimate of drug-likeness (QED) is 0.178. The van der Waals surface area contributed by atoms with Gasteiger partial charge in [-0.25, -0.2) is 15.0 Å². The van der Waals surface area contributed by atoms with Gasteiger partial charge in [-0.15, -0.1) is 0 Å². The molecule has 3 nitrogen and oxygen atoms in total. The summed E-state index contributed by atoms with van der Waals surface area (Å²) in [6.45, 7) is 0. The molecule has 0 saturated heterocycles. The third-order valence-electron chi connectivity index (χ3n) is 11.9. The van der Waals surface area contributed by atoms with Crippen LogP contribution in [0.3, 0.4) is 0 Å². The number of aromatic nitrogens is 3. The Morgan fingerprint density at radius 1 is 0.250 bits per heavy atom. The third kappa shape index (κ3) is 4.55. The lowest BCUT2D eigenvalue weighted by molar-refractivity contribution is 0.624. The van der Waals surface area contributed by atoms with Crippen LogP contribution in [-0.4, -0.2) is 15.0 Å². The Hall–Kier alpha value is -7.23. The molecule has 2 aliphatic rings. The van der Waals surface area contributed by atoms with Gasteiger partial charge in [0.1, 0.15) is 0 Å². The highest BCUT2D eigenvalue weighted by Gasteiger charge is 2.56. The van der Waals surface area contributed by atoms with E-state index in [2.05, 4.69) is 176 Å². The van der Waals surface area contributed by atoms with Gasteiger partial charge in [0.05, 0.1) is 10.8 Å². The van der Waals surface area contributed by atoms with E-state index in [1.165, 1.54) is 55.6 Å². The van der Waals surface area contributed by atoms with Gasteiger partial charge in [-0.05, 0) is 61.7 Å². The Balaban J connectivity index is 1.29. The molecule has 1 heterocycles. The van der Waals surface area contributed by atoms with E-state index in [1.54, 1.807) is 0 Å². The van der Waals surface area contributed by atoms with Crippen molar-refractivity contribution in [3.8, 4) is 45.3 Å². The van der Waals surface area contributed by atoms with Gasteiger partial charge in [0.25, 0.3) is 0 Å². The summed E-state index contributed by atoms with van der Waals surface area (Å²) >= 11 is 0. The van der Waals surface area contributed by atoms with E-state index in [-0.39, 0.29) is 0 Å². The Kier molecular flexibility index (Phi) is 7.30. The monoisotopic (exact) mass is 713 g/mol. The summed E-state index contributed by atoms with van der Waals surface area (Å²) < 4.78 is 0. The molecule has 0 unspecified atom stereocenters. The molecule has 1 aromatic heterocycles. The maximum absolute atomic E-state index is 5.23. The van der Waals surface area contributed by atoms with Crippen molar-refractivity contribution in [3.05, 3.63) is 257 Å². The van der Waals surface area contributed by atoms with E-state index in [4.69, 9.17) is 15.0 Å². The summed E-state index contributed by atoms with van der Waals surface area (Å²) in [7, 11) is 0. The fourth-order valence-electron chi connectivity index (χ4n) is 9.67. The van der Waals surface area contributed by atoms with Crippen molar-refractivity contribution in [2.24, 2.45) is 0 Å². The Morgan fingerprint density at radius 2 is 0.607 bits per heavy atom. The van der Waals surface area contributed by atoms with Crippen LogP contribution in [0.25, 0.3) is 45.3 Å². The number of rotatable bonds is 5. The average molecular weight is 714 g/mol. The summed E-state index contributed by atoms with van der Waals surface area (Å²) in [6.07, 6.45) is 0. The van der Waals surface area contributed by atoms with E-state index < -0.39 is 10.8 Å². The van der Waals surface area contributed by atoms with Crippen molar-refractivity contribution < 1.29 is 0 Å². The van der Waals surface area contributed by atoms with Crippen molar-refractivity contribution in [2.45, 2.75) is 10.8 Å². The predicted octanol–water partition coefficient (Wildman–Crippen LogP) is 11.9. The van der Waals surface area contributed by atoms with E-state index in [1.807, 2.05) is 36.4 Å². The molecular formula is C53H35N3. The predicted molar refractivity (Wildman–Crippen MR) is 225 cm³/mol. The lowest BCUT2D eigenvalue weighted by Crippen LogP contribution is -2.44. The highest BCUT2D eigenvalue weighted by atomic mass is 15.0. The van der Waals surface area contributed by atoms with Crippen LogP contribution >= 0.6 is 0 Å². The average Bonchev–Trinajstić information content (AvgIpc) is 3.58. The summed E-state index contributed by atoms with van der Waals surface area (Å²) in [5.41, 5.74) is 14.2. The van der Waals surface area contributed by atoms with Gasteiger partial charge >= 0.3 is 0 Å². The van der Waals surface area contributed by atoms with Gasteiger partial charge in [0, 0.05) is 16.7 Å². The van der Waals surface area contributed by atoms with Crippen molar-refractivity contribution >= 4 is 0 Å². The molecule has 56 heavy (non-hydrogen) atoms. The molecule has 8 aromatic carbocycles. The van der Waals surface area contributed by atoms with Gasteiger partial charge in [-0.1, -0.05) is 206 Å². The molecule has 0 N–H and O–H groups in total. The van der Waals surface area contributed by atoms with Crippen molar-refractivity contribution in [2.75, 3.05) is 0 Å². The SMILES string of the molecule is c1ccc(-c2nc(-c3ccccc3)nc(-c3ccc4c(c3)C3(c5ccccc5-c5ccccc53)c3ccccc3C4(c3ccccc3)c3ccccc3)n2)cc1. The van der Waals surface area contributed by atoms with Crippen LogP contribution in [0.1, 0.15) is 44.5 Å². The third-order valence-corrected chi connectivity index (χ3v) is 11.9. The number of fused-ring (bicyclic) bond motifs is 9. The molecule has 0 bridgehead atoms. The zero-order valence-electron chi connectivity index (χ0n) is 30.5. The highest BCUT2D eigenvalue weighted by molar-refractivity contribution is 5.90. The van der Waals surface area contributed by atoms with E-state index >= 15 is 0 Å². The van der Waals surface area contributed by atoms with E-state index in [0.29, 0.717) is 17.5 Å². The first-order chi connectivity index (χ1) is 27.8. The topological polar surface area (TPSA) is 38.7 Å². The Labute approximate surface area is 326 Å². The maximum Gasteiger partial charge on any atom is 0.164 e. The van der Waals surface area contributed by atoms with Gasteiger partial charge < -0.3 is 0 Å². The fraction of sp³-hybridized carbons (Fsp3) is 0.0377. The summed E-state index contributed by atoms with van der Waals surface area (Å²) in [4.78, 5) is 15.5. The van der Waals surface area contributed by atoms with Gasteiger partial charge in [0.15, 0.2) is 17.5 Å². The molecule has 0 radical (unpaired) electrons.